The van der Waals surface area contributed by atoms with Crippen LogP contribution in [0.4, 0.5) is 0 Å². The molecule has 1 fully saturated rings. The molecule has 3 heteroatoms. The Labute approximate surface area is 76.5 Å². The van der Waals surface area contributed by atoms with Crippen LogP contribution in [-0.2, 0) is 8.85 Å². The lowest BCUT2D eigenvalue weighted by Crippen LogP contribution is -2.43. The number of rotatable bonds is 3. The zero-order valence-electron chi connectivity index (χ0n) is 8.59. The summed E-state index contributed by atoms with van der Waals surface area (Å²) in [6.07, 6.45) is 2.59. The summed E-state index contributed by atoms with van der Waals surface area (Å²) in [6.45, 7) is 4.55. The van der Waals surface area contributed by atoms with Crippen molar-refractivity contribution in [2.24, 2.45) is 5.92 Å². The highest BCUT2D eigenvalue weighted by Crippen LogP contribution is 2.44. The molecule has 1 saturated heterocycles. The van der Waals surface area contributed by atoms with Crippen LogP contribution in [0.15, 0.2) is 0 Å². The predicted octanol–water partition coefficient (Wildman–Crippen LogP) is 2.54. The topological polar surface area (TPSA) is 18.5 Å². The fraction of sp³-hybridized carbons (Fsp3) is 1.00. The monoisotopic (exact) mass is 188 g/mol. The molecule has 1 aliphatic heterocycles. The van der Waals surface area contributed by atoms with Crippen molar-refractivity contribution in [3.8, 4) is 0 Å². The van der Waals surface area contributed by atoms with Crippen molar-refractivity contribution in [2.75, 3.05) is 14.2 Å². The van der Waals surface area contributed by atoms with E-state index in [1.165, 1.54) is 18.9 Å². The van der Waals surface area contributed by atoms with E-state index in [4.69, 9.17) is 8.85 Å². The van der Waals surface area contributed by atoms with Crippen LogP contribution < -0.4 is 0 Å². The van der Waals surface area contributed by atoms with Crippen molar-refractivity contribution in [1.82, 2.24) is 0 Å². The molecule has 0 aliphatic carbocycles. The molecule has 1 unspecified atom stereocenters. The minimum atomic E-state index is -1.77. The molecule has 1 rings (SSSR count). The Morgan fingerprint density at radius 3 is 2.17 bits per heavy atom. The van der Waals surface area contributed by atoms with Gasteiger partial charge in [0.25, 0.3) is 0 Å². The normalized spacial score (nSPS) is 28.2. The zero-order valence-corrected chi connectivity index (χ0v) is 9.59. The molecule has 0 amide bonds. The Morgan fingerprint density at radius 1 is 1.25 bits per heavy atom. The molecule has 12 heavy (non-hydrogen) atoms. The SMILES string of the molecule is CO[Si]1(OC)CCCC1C(C)C. The quantitative estimate of drug-likeness (QED) is 0.634. The van der Waals surface area contributed by atoms with Gasteiger partial charge in [-0.25, -0.2) is 0 Å². The van der Waals surface area contributed by atoms with Gasteiger partial charge in [-0.15, -0.1) is 0 Å². The largest absolute Gasteiger partial charge is 0.397 e. The maximum absolute atomic E-state index is 5.64. The standard InChI is InChI=1S/C9H20O2Si/c1-8(2)9-6-5-7-12(9,10-3)11-4/h8-9H,5-7H2,1-4H3. The van der Waals surface area contributed by atoms with Gasteiger partial charge >= 0.3 is 8.56 Å². The van der Waals surface area contributed by atoms with Gasteiger partial charge in [-0.1, -0.05) is 20.3 Å². The molecular weight excluding hydrogens is 168 g/mol. The highest BCUT2D eigenvalue weighted by molar-refractivity contribution is 6.69. The van der Waals surface area contributed by atoms with E-state index in [0.717, 1.165) is 0 Å². The van der Waals surface area contributed by atoms with Gasteiger partial charge in [0.2, 0.25) is 0 Å². The Bertz CT molecular complexity index is 143. The Balaban J connectivity index is 2.72. The summed E-state index contributed by atoms with van der Waals surface area (Å²) in [6, 6.07) is 1.18. The van der Waals surface area contributed by atoms with Crippen molar-refractivity contribution in [2.45, 2.75) is 38.3 Å². The van der Waals surface area contributed by atoms with E-state index in [0.29, 0.717) is 11.5 Å². The Morgan fingerprint density at radius 2 is 1.83 bits per heavy atom. The lowest BCUT2D eigenvalue weighted by atomic mass is 10.1. The molecule has 1 heterocycles. The fourth-order valence-corrected chi connectivity index (χ4v) is 6.31. The van der Waals surface area contributed by atoms with Gasteiger partial charge in [-0.3, -0.25) is 0 Å². The molecular formula is C9H20O2Si. The van der Waals surface area contributed by atoms with Gasteiger partial charge in [0.05, 0.1) is 0 Å². The molecule has 1 atom stereocenters. The predicted molar refractivity (Wildman–Crippen MR) is 52.4 cm³/mol. The first-order chi connectivity index (χ1) is 5.66. The van der Waals surface area contributed by atoms with Gasteiger partial charge in [-0.2, -0.15) is 0 Å². The third-order valence-electron chi connectivity index (χ3n) is 3.10. The van der Waals surface area contributed by atoms with Crippen LogP contribution >= 0.6 is 0 Å². The summed E-state index contributed by atoms with van der Waals surface area (Å²) in [5.74, 6) is 0.707. The molecule has 0 spiro atoms. The van der Waals surface area contributed by atoms with E-state index in [1.807, 2.05) is 14.2 Å². The first-order valence-electron chi connectivity index (χ1n) is 4.76. The van der Waals surface area contributed by atoms with E-state index in [1.54, 1.807) is 0 Å². The van der Waals surface area contributed by atoms with Gasteiger partial charge < -0.3 is 8.85 Å². The third kappa shape index (κ3) is 1.58. The highest BCUT2D eigenvalue weighted by atomic mass is 28.4. The lowest BCUT2D eigenvalue weighted by Gasteiger charge is -2.31. The van der Waals surface area contributed by atoms with Crippen LogP contribution in [0.3, 0.4) is 0 Å². The van der Waals surface area contributed by atoms with Gasteiger partial charge in [0.1, 0.15) is 0 Å². The van der Waals surface area contributed by atoms with Crippen LogP contribution in [0.2, 0.25) is 11.6 Å². The average molecular weight is 188 g/mol. The molecule has 0 saturated carbocycles. The Kier molecular flexibility index (Phi) is 3.32. The maximum atomic E-state index is 5.64. The second-order valence-electron chi connectivity index (χ2n) is 3.96. The van der Waals surface area contributed by atoms with Crippen molar-refractivity contribution in [3.05, 3.63) is 0 Å². The summed E-state index contributed by atoms with van der Waals surface area (Å²) >= 11 is 0. The molecule has 2 nitrogen and oxygen atoms in total. The first-order valence-corrected chi connectivity index (χ1v) is 6.86. The number of hydrogen-bond acceptors (Lipinski definition) is 2. The van der Waals surface area contributed by atoms with Crippen LogP contribution in [0.1, 0.15) is 26.7 Å². The molecule has 72 valence electrons. The van der Waals surface area contributed by atoms with Gasteiger partial charge in [0.15, 0.2) is 0 Å². The van der Waals surface area contributed by atoms with Crippen molar-refractivity contribution in [1.29, 1.82) is 0 Å². The smallest absolute Gasteiger partial charge is 0.341 e. The molecule has 0 N–H and O–H groups in total. The minimum absolute atomic E-state index is 0.701. The van der Waals surface area contributed by atoms with Gasteiger partial charge in [-0.05, 0) is 18.4 Å². The summed E-state index contributed by atoms with van der Waals surface area (Å²) < 4.78 is 11.3. The molecule has 0 aromatic rings. The Hall–Kier alpha value is 0.137. The van der Waals surface area contributed by atoms with Crippen LogP contribution in [-0.4, -0.2) is 22.8 Å². The summed E-state index contributed by atoms with van der Waals surface area (Å²) in [4.78, 5) is 0. The van der Waals surface area contributed by atoms with Crippen LogP contribution in [0, 0.1) is 5.92 Å². The maximum Gasteiger partial charge on any atom is 0.341 e. The number of hydrogen-bond donors (Lipinski definition) is 0. The highest BCUT2D eigenvalue weighted by Gasteiger charge is 2.49. The van der Waals surface area contributed by atoms with E-state index >= 15 is 0 Å². The lowest BCUT2D eigenvalue weighted by molar-refractivity contribution is 0.228. The molecule has 0 radical (unpaired) electrons. The van der Waals surface area contributed by atoms with Crippen molar-refractivity contribution < 1.29 is 8.85 Å². The van der Waals surface area contributed by atoms with E-state index in [-0.39, 0.29) is 0 Å². The van der Waals surface area contributed by atoms with Crippen molar-refractivity contribution >= 4 is 8.56 Å². The van der Waals surface area contributed by atoms with Crippen LogP contribution in [0.25, 0.3) is 0 Å². The average Bonchev–Trinajstić information content (AvgIpc) is 2.48. The summed E-state index contributed by atoms with van der Waals surface area (Å²) in [5.41, 5.74) is 0.701. The van der Waals surface area contributed by atoms with Gasteiger partial charge in [0, 0.05) is 19.8 Å². The van der Waals surface area contributed by atoms with E-state index in [2.05, 4.69) is 13.8 Å². The first kappa shape index (κ1) is 10.2. The zero-order chi connectivity index (χ0) is 9.19. The minimum Gasteiger partial charge on any atom is -0.397 e. The summed E-state index contributed by atoms with van der Waals surface area (Å²) in [7, 11) is 1.86. The van der Waals surface area contributed by atoms with E-state index in [9.17, 15) is 0 Å². The summed E-state index contributed by atoms with van der Waals surface area (Å²) in [5, 5.41) is 0. The molecule has 0 aromatic heterocycles. The molecule has 0 aromatic carbocycles. The fourth-order valence-electron chi connectivity index (χ4n) is 2.41. The molecule has 0 bridgehead atoms. The van der Waals surface area contributed by atoms with E-state index < -0.39 is 8.56 Å². The van der Waals surface area contributed by atoms with Crippen molar-refractivity contribution in [3.63, 3.8) is 0 Å². The second kappa shape index (κ2) is 3.90. The second-order valence-corrected chi connectivity index (χ2v) is 7.64. The third-order valence-corrected chi connectivity index (χ3v) is 7.62. The molecule has 1 aliphatic rings. The van der Waals surface area contributed by atoms with Crippen LogP contribution in [0.5, 0.6) is 0 Å².